The molecule has 22 heavy (non-hydrogen) atoms. The summed E-state index contributed by atoms with van der Waals surface area (Å²) in [6.07, 6.45) is 0. The minimum absolute atomic E-state index is 0.0934. The predicted octanol–water partition coefficient (Wildman–Crippen LogP) is 3.05. The highest BCUT2D eigenvalue weighted by Gasteiger charge is 2.52. The molecule has 0 aliphatic carbocycles. The molecule has 114 valence electrons. The maximum absolute atomic E-state index is 11.2. The van der Waals surface area contributed by atoms with Crippen LogP contribution in [0.2, 0.25) is 0 Å². The van der Waals surface area contributed by atoms with E-state index in [0.717, 1.165) is 10.8 Å². The van der Waals surface area contributed by atoms with Gasteiger partial charge in [0.1, 0.15) is 0 Å². The number of hydrogen-bond donors (Lipinski definition) is 0. The number of fused-ring (bicyclic) bond motifs is 1. The molecule has 5 nitrogen and oxygen atoms in total. The van der Waals surface area contributed by atoms with Crippen molar-refractivity contribution in [2.45, 2.75) is 38.9 Å². The van der Waals surface area contributed by atoms with Gasteiger partial charge in [0.25, 0.3) is 5.69 Å². The lowest BCUT2D eigenvalue weighted by molar-refractivity contribution is -0.383. The zero-order valence-corrected chi connectivity index (χ0v) is 13.1. The minimum Gasteiger partial charge on any atom is -0.399 e. The zero-order valence-electron chi connectivity index (χ0n) is 13.1. The SMILES string of the molecule is CC1(C)OB(c2cccc3c([N+](=O)[O-])cccc23)OC1(C)C. The summed E-state index contributed by atoms with van der Waals surface area (Å²) < 4.78 is 12.1. The Kier molecular flexibility index (Phi) is 3.27. The fraction of sp³-hybridized carbons (Fsp3) is 0.375. The third-order valence-corrected chi connectivity index (χ3v) is 4.64. The highest BCUT2D eigenvalue weighted by atomic mass is 16.7. The van der Waals surface area contributed by atoms with Gasteiger partial charge in [0.15, 0.2) is 0 Å². The molecule has 1 aliphatic rings. The van der Waals surface area contributed by atoms with Crippen LogP contribution in [0.1, 0.15) is 27.7 Å². The van der Waals surface area contributed by atoms with Crippen molar-refractivity contribution in [1.82, 2.24) is 0 Å². The van der Waals surface area contributed by atoms with Gasteiger partial charge in [-0.1, -0.05) is 24.3 Å². The molecule has 0 unspecified atom stereocenters. The van der Waals surface area contributed by atoms with Crippen LogP contribution in [-0.2, 0) is 9.31 Å². The van der Waals surface area contributed by atoms with Gasteiger partial charge in [-0.25, -0.2) is 0 Å². The summed E-state index contributed by atoms with van der Waals surface area (Å²) in [6, 6.07) is 10.5. The van der Waals surface area contributed by atoms with Crippen LogP contribution in [-0.4, -0.2) is 23.2 Å². The number of hydrogen-bond acceptors (Lipinski definition) is 4. The molecule has 1 fully saturated rings. The second kappa shape index (κ2) is 4.79. The van der Waals surface area contributed by atoms with Gasteiger partial charge in [-0.15, -0.1) is 0 Å². The van der Waals surface area contributed by atoms with Crippen LogP contribution in [0.4, 0.5) is 5.69 Å². The predicted molar refractivity (Wildman–Crippen MR) is 86.3 cm³/mol. The van der Waals surface area contributed by atoms with Crippen molar-refractivity contribution in [3.05, 3.63) is 46.5 Å². The molecule has 1 heterocycles. The molecule has 1 aliphatic heterocycles. The number of non-ortho nitro benzene ring substituents is 1. The summed E-state index contributed by atoms with van der Waals surface area (Å²) in [4.78, 5) is 10.8. The van der Waals surface area contributed by atoms with E-state index in [2.05, 4.69) is 0 Å². The van der Waals surface area contributed by atoms with Crippen LogP contribution >= 0.6 is 0 Å². The molecular formula is C16H18BNO4. The van der Waals surface area contributed by atoms with Crippen molar-refractivity contribution < 1.29 is 14.2 Å². The van der Waals surface area contributed by atoms with E-state index >= 15 is 0 Å². The fourth-order valence-corrected chi connectivity index (χ4v) is 2.65. The van der Waals surface area contributed by atoms with Crippen molar-refractivity contribution >= 4 is 29.0 Å². The number of rotatable bonds is 2. The lowest BCUT2D eigenvalue weighted by Gasteiger charge is -2.32. The van der Waals surface area contributed by atoms with Gasteiger partial charge in [0.2, 0.25) is 0 Å². The maximum Gasteiger partial charge on any atom is 0.495 e. The first-order valence-corrected chi connectivity index (χ1v) is 7.25. The van der Waals surface area contributed by atoms with Gasteiger partial charge in [0, 0.05) is 6.07 Å². The third kappa shape index (κ3) is 2.19. The van der Waals surface area contributed by atoms with E-state index in [1.165, 1.54) is 6.07 Å². The molecule has 0 amide bonds. The fourth-order valence-electron chi connectivity index (χ4n) is 2.65. The van der Waals surface area contributed by atoms with Crippen LogP contribution in [0.15, 0.2) is 36.4 Å². The third-order valence-electron chi connectivity index (χ3n) is 4.64. The Balaban J connectivity index is 2.14. The van der Waals surface area contributed by atoms with Crippen LogP contribution < -0.4 is 5.46 Å². The Bertz CT molecular complexity index is 741. The average molecular weight is 299 g/mol. The molecule has 0 N–H and O–H groups in total. The Hall–Kier alpha value is -1.92. The van der Waals surface area contributed by atoms with Gasteiger partial charge in [-0.05, 0) is 44.6 Å². The van der Waals surface area contributed by atoms with E-state index in [4.69, 9.17) is 9.31 Å². The molecule has 0 radical (unpaired) electrons. The van der Waals surface area contributed by atoms with Crippen molar-refractivity contribution in [3.63, 3.8) is 0 Å². The zero-order chi connectivity index (χ0) is 16.1. The highest BCUT2D eigenvalue weighted by Crippen LogP contribution is 2.37. The van der Waals surface area contributed by atoms with Gasteiger partial charge < -0.3 is 9.31 Å². The summed E-state index contributed by atoms with van der Waals surface area (Å²) in [5.41, 5.74) is 0.0249. The van der Waals surface area contributed by atoms with Crippen molar-refractivity contribution in [3.8, 4) is 0 Å². The lowest BCUT2D eigenvalue weighted by Crippen LogP contribution is -2.41. The quantitative estimate of drug-likeness (QED) is 0.486. The summed E-state index contributed by atoms with van der Waals surface area (Å²) in [5, 5.41) is 12.6. The standard InChI is InChI=1S/C16H18BNO4/c1-15(2)16(3,4)22-17(21-15)13-9-5-8-12-11(13)7-6-10-14(12)18(19)20/h5-10H,1-4H3. The highest BCUT2D eigenvalue weighted by molar-refractivity contribution is 6.65. The molecule has 2 aromatic rings. The second-order valence-corrected chi connectivity index (χ2v) is 6.56. The first-order chi connectivity index (χ1) is 10.2. The topological polar surface area (TPSA) is 61.6 Å². The number of nitro groups is 1. The van der Waals surface area contributed by atoms with E-state index in [0.29, 0.717) is 5.39 Å². The Morgan fingerprint density at radius 2 is 1.50 bits per heavy atom. The molecular weight excluding hydrogens is 281 g/mol. The first-order valence-electron chi connectivity index (χ1n) is 7.25. The van der Waals surface area contributed by atoms with E-state index in [-0.39, 0.29) is 10.6 Å². The summed E-state index contributed by atoms with van der Waals surface area (Å²) >= 11 is 0. The van der Waals surface area contributed by atoms with Crippen LogP contribution in [0, 0.1) is 10.1 Å². The van der Waals surface area contributed by atoms with E-state index in [1.54, 1.807) is 18.2 Å². The van der Waals surface area contributed by atoms with Crippen LogP contribution in [0.25, 0.3) is 10.8 Å². The molecule has 3 rings (SSSR count). The van der Waals surface area contributed by atoms with Crippen molar-refractivity contribution in [2.75, 3.05) is 0 Å². The van der Waals surface area contributed by atoms with Gasteiger partial charge in [-0.3, -0.25) is 10.1 Å². The lowest BCUT2D eigenvalue weighted by atomic mass is 9.76. The molecule has 1 saturated heterocycles. The van der Waals surface area contributed by atoms with Crippen LogP contribution in [0.3, 0.4) is 0 Å². The van der Waals surface area contributed by atoms with E-state index in [9.17, 15) is 10.1 Å². The first kappa shape index (κ1) is 15.0. The molecule has 0 spiro atoms. The maximum atomic E-state index is 11.2. The second-order valence-electron chi connectivity index (χ2n) is 6.56. The normalized spacial score (nSPS) is 19.5. The molecule has 0 bridgehead atoms. The van der Waals surface area contributed by atoms with Crippen molar-refractivity contribution in [1.29, 1.82) is 0 Å². The monoisotopic (exact) mass is 299 g/mol. The molecule has 2 aromatic carbocycles. The van der Waals surface area contributed by atoms with Crippen molar-refractivity contribution in [2.24, 2.45) is 0 Å². The van der Waals surface area contributed by atoms with E-state index in [1.807, 2.05) is 39.8 Å². The number of nitrogens with zero attached hydrogens (tertiary/aromatic N) is 1. The van der Waals surface area contributed by atoms with Gasteiger partial charge >= 0.3 is 7.12 Å². The molecule has 0 saturated carbocycles. The Morgan fingerprint density at radius 3 is 2.09 bits per heavy atom. The average Bonchev–Trinajstić information content (AvgIpc) is 2.65. The Morgan fingerprint density at radius 1 is 0.955 bits per heavy atom. The molecule has 6 heteroatoms. The van der Waals surface area contributed by atoms with E-state index < -0.39 is 18.3 Å². The summed E-state index contributed by atoms with van der Waals surface area (Å²) in [7, 11) is -0.532. The van der Waals surface area contributed by atoms with Gasteiger partial charge in [0.05, 0.1) is 21.5 Å². The van der Waals surface area contributed by atoms with Crippen LogP contribution in [0.5, 0.6) is 0 Å². The summed E-state index contributed by atoms with van der Waals surface area (Å²) in [5.74, 6) is 0. The summed E-state index contributed by atoms with van der Waals surface area (Å²) in [6.45, 7) is 7.95. The smallest absolute Gasteiger partial charge is 0.399 e. The Labute approximate surface area is 129 Å². The number of benzene rings is 2. The largest absolute Gasteiger partial charge is 0.495 e. The molecule has 0 atom stereocenters. The van der Waals surface area contributed by atoms with Gasteiger partial charge in [-0.2, -0.15) is 0 Å². The number of nitro benzene ring substituents is 1. The molecule has 0 aromatic heterocycles. The minimum atomic E-state index is -0.532.